The summed E-state index contributed by atoms with van der Waals surface area (Å²) in [4.78, 5) is 10.7. The van der Waals surface area contributed by atoms with Crippen molar-refractivity contribution in [3.8, 4) is 0 Å². The van der Waals surface area contributed by atoms with E-state index in [0.29, 0.717) is 13.0 Å². The molecule has 0 spiro atoms. The van der Waals surface area contributed by atoms with Crippen LogP contribution in [0, 0.1) is 0 Å². The van der Waals surface area contributed by atoms with Crippen molar-refractivity contribution < 1.29 is 9.90 Å². The number of hydrogen-bond donors (Lipinski definition) is 3. The molecule has 0 aliphatic carbocycles. The predicted molar refractivity (Wildman–Crippen MR) is 43.2 cm³/mol. The van der Waals surface area contributed by atoms with Crippen LogP contribution in [0.2, 0.25) is 0 Å². The topological polar surface area (TPSA) is 49.3 Å². The summed E-state index contributed by atoms with van der Waals surface area (Å²) in [5.41, 5.74) is 0. The number of hydrogen-bond acceptors (Lipinski definition) is 3. The van der Waals surface area contributed by atoms with Gasteiger partial charge in [-0.05, 0) is 13.3 Å². The molecule has 3 nitrogen and oxygen atoms in total. The molecule has 4 heteroatoms. The van der Waals surface area contributed by atoms with Crippen LogP contribution < -0.4 is 5.32 Å². The summed E-state index contributed by atoms with van der Waals surface area (Å²) in [6.45, 7) is 2.35. The van der Waals surface area contributed by atoms with Crippen molar-refractivity contribution in [1.29, 1.82) is 0 Å². The molecule has 0 aromatic rings. The van der Waals surface area contributed by atoms with Crippen molar-refractivity contribution in [3.05, 3.63) is 0 Å². The standard InChI is InChI=1S/C6H13NO2S/c1-5(10)6(9)7-3-2-4-8/h5,8,10H,2-4H2,1H3,(H,7,9). The van der Waals surface area contributed by atoms with Gasteiger partial charge in [0.1, 0.15) is 0 Å². The van der Waals surface area contributed by atoms with Crippen LogP contribution >= 0.6 is 12.6 Å². The Labute approximate surface area is 66.2 Å². The summed E-state index contributed by atoms with van der Waals surface area (Å²) in [7, 11) is 0. The first-order valence-electron chi connectivity index (χ1n) is 3.25. The molecular formula is C6H13NO2S. The first-order valence-corrected chi connectivity index (χ1v) is 3.76. The largest absolute Gasteiger partial charge is 0.396 e. The first-order chi connectivity index (χ1) is 4.68. The third-order valence-electron chi connectivity index (χ3n) is 1.01. The van der Waals surface area contributed by atoms with Crippen molar-refractivity contribution >= 4 is 18.5 Å². The van der Waals surface area contributed by atoms with E-state index in [9.17, 15) is 4.79 Å². The van der Waals surface area contributed by atoms with Gasteiger partial charge in [0, 0.05) is 13.2 Å². The Kier molecular flexibility index (Phi) is 5.43. The Morgan fingerprint density at radius 1 is 1.80 bits per heavy atom. The molecule has 0 heterocycles. The zero-order valence-electron chi connectivity index (χ0n) is 6.00. The summed E-state index contributed by atoms with van der Waals surface area (Å²) in [5.74, 6) is -0.0863. The Balaban J connectivity index is 3.22. The lowest BCUT2D eigenvalue weighted by Gasteiger charge is -2.04. The molecule has 0 radical (unpaired) electrons. The summed E-state index contributed by atoms with van der Waals surface area (Å²) in [5, 5.41) is 10.7. The molecule has 0 bridgehead atoms. The molecule has 60 valence electrons. The SMILES string of the molecule is CC(S)C(=O)NCCCO. The van der Waals surface area contributed by atoms with E-state index in [4.69, 9.17) is 5.11 Å². The van der Waals surface area contributed by atoms with Crippen LogP contribution in [0.15, 0.2) is 0 Å². The quantitative estimate of drug-likeness (QED) is 0.397. The van der Waals surface area contributed by atoms with Gasteiger partial charge in [-0.2, -0.15) is 12.6 Å². The summed E-state index contributed by atoms with van der Waals surface area (Å²) in [6.07, 6.45) is 0.603. The Morgan fingerprint density at radius 3 is 2.80 bits per heavy atom. The van der Waals surface area contributed by atoms with E-state index in [1.165, 1.54) is 0 Å². The minimum atomic E-state index is -0.265. The Morgan fingerprint density at radius 2 is 2.40 bits per heavy atom. The number of aliphatic hydroxyl groups is 1. The molecule has 0 saturated carbocycles. The smallest absolute Gasteiger partial charge is 0.232 e. The lowest BCUT2D eigenvalue weighted by Crippen LogP contribution is -2.30. The van der Waals surface area contributed by atoms with E-state index < -0.39 is 0 Å². The Bertz CT molecular complexity index is 106. The van der Waals surface area contributed by atoms with Crippen LogP contribution in [0.25, 0.3) is 0 Å². The molecule has 1 amide bonds. The normalized spacial score (nSPS) is 12.7. The lowest BCUT2D eigenvalue weighted by molar-refractivity contribution is -0.120. The molecule has 0 aliphatic heterocycles. The minimum Gasteiger partial charge on any atom is -0.396 e. The van der Waals surface area contributed by atoms with Crippen molar-refractivity contribution in [2.75, 3.05) is 13.2 Å². The molecular weight excluding hydrogens is 150 g/mol. The number of thiol groups is 1. The molecule has 0 saturated heterocycles. The van der Waals surface area contributed by atoms with Gasteiger partial charge in [0.05, 0.1) is 5.25 Å². The second-order valence-electron chi connectivity index (χ2n) is 2.04. The van der Waals surface area contributed by atoms with Gasteiger partial charge in [0.25, 0.3) is 0 Å². The Hall–Kier alpha value is -0.220. The van der Waals surface area contributed by atoms with Crippen LogP contribution in [0.3, 0.4) is 0 Å². The van der Waals surface area contributed by atoms with Crippen LogP contribution in [0.4, 0.5) is 0 Å². The number of nitrogens with one attached hydrogen (secondary N) is 1. The maximum absolute atomic E-state index is 10.7. The number of aliphatic hydroxyl groups excluding tert-OH is 1. The fourth-order valence-corrected chi connectivity index (χ4v) is 0.530. The van der Waals surface area contributed by atoms with Crippen molar-refractivity contribution in [2.24, 2.45) is 0 Å². The number of carbonyl (C=O) groups excluding carboxylic acids is 1. The number of carbonyl (C=O) groups is 1. The molecule has 0 aromatic carbocycles. The van der Waals surface area contributed by atoms with Gasteiger partial charge >= 0.3 is 0 Å². The second-order valence-corrected chi connectivity index (χ2v) is 2.82. The van der Waals surface area contributed by atoms with Gasteiger partial charge in [-0.3, -0.25) is 4.79 Å². The molecule has 0 aliphatic rings. The number of amides is 1. The highest BCUT2D eigenvalue weighted by Gasteiger charge is 2.04. The van der Waals surface area contributed by atoms with Crippen molar-refractivity contribution in [2.45, 2.75) is 18.6 Å². The van der Waals surface area contributed by atoms with Crippen LogP contribution in [0.1, 0.15) is 13.3 Å². The predicted octanol–water partition coefficient (Wildman–Crippen LogP) is -0.197. The molecule has 1 atom stereocenters. The summed E-state index contributed by atoms with van der Waals surface area (Å²) in [6, 6.07) is 0. The van der Waals surface area contributed by atoms with Gasteiger partial charge < -0.3 is 10.4 Å². The average molecular weight is 163 g/mol. The average Bonchev–Trinajstić information content (AvgIpc) is 1.88. The first kappa shape index (κ1) is 9.78. The van der Waals surface area contributed by atoms with Gasteiger partial charge in [-0.15, -0.1) is 0 Å². The van der Waals surface area contributed by atoms with E-state index >= 15 is 0 Å². The highest BCUT2D eigenvalue weighted by atomic mass is 32.1. The van der Waals surface area contributed by atoms with Crippen molar-refractivity contribution in [1.82, 2.24) is 5.32 Å². The third-order valence-corrected chi connectivity index (χ3v) is 1.25. The van der Waals surface area contributed by atoms with Crippen molar-refractivity contribution in [3.63, 3.8) is 0 Å². The van der Waals surface area contributed by atoms with Gasteiger partial charge in [-0.1, -0.05) is 0 Å². The summed E-state index contributed by atoms with van der Waals surface area (Å²) < 4.78 is 0. The highest BCUT2D eigenvalue weighted by molar-refractivity contribution is 7.81. The van der Waals surface area contributed by atoms with E-state index in [1.807, 2.05) is 0 Å². The number of rotatable bonds is 4. The summed E-state index contributed by atoms with van der Waals surface area (Å²) >= 11 is 3.92. The zero-order chi connectivity index (χ0) is 7.98. The van der Waals surface area contributed by atoms with Gasteiger partial charge in [0.2, 0.25) is 5.91 Å². The van der Waals surface area contributed by atoms with Gasteiger partial charge in [-0.25, -0.2) is 0 Å². The van der Waals surface area contributed by atoms with E-state index in [0.717, 1.165) is 0 Å². The van der Waals surface area contributed by atoms with E-state index in [1.54, 1.807) is 6.92 Å². The third kappa shape index (κ3) is 4.64. The maximum Gasteiger partial charge on any atom is 0.232 e. The molecule has 0 fully saturated rings. The maximum atomic E-state index is 10.7. The fourth-order valence-electron chi connectivity index (χ4n) is 0.438. The fraction of sp³-hybridized carbons (Fsp3) is 0.833. The molecule has 0 aromatic heterocycles. The molecule has 1 unspecified atom stereocenters. The minimum absolute atomic E-state index is 0.0863. The lowest BCUT2D eigenvalue weighted by atomic mass is 10.4. The van der Waals surface area contributed by atoms with Crippen LogP contribution in [-0.2, 0) is 4.79 Å². The van der Waals surface area contributed by atoms with E-state index in [2.05, 4.69) is 17.9 Å². The zero-order valence-corrected chi connectivity index (χ0v) is 6.90. The monoisotopic (exact) mass is 163 g/mol. The molecule has 2 N–H and O–H groups in total. The molecule has 10 heavy (non-hydrogen) atoms. The second kappa shape index (κ2) is 5.56. The highest BCUT2D eigenvalue weighted by Crippen LogP contribution is 1.90. The molecule has 0 rings (SSSR count). The van der Waals surface area contributed by atoms with Crippen LogP contribution in [-0.4, -0.2) is 29.4 Å². The van der Waals surface area contributed by atoms with Crippen LogP contribution in [0.5, 0.6) is 0 Å². The van der Waals surface area contributed by atoms with E-state index in [-0.39, 0.29) is 17.8 Å². The van der Waals surface area contributed by atoms with Gasteiger partial charge in [0.15, 0.2) is 0 Å².